The Balaban J connectivity index is 1.02. The number of benzene rings is 4. The van der Waals surface area contributed by atoms with Crippen LogP contribution in [0.2, 0.25) is 0 Å². The van der Waals surface area contributed by atoms with Crippen LogP contribution in [-0.2, 0) is 60.9 Å². The Morgan fingerprint density at radius 1 is 0.680 bits per heavy atom. The number of fused-ring (bicyclic) bond motifs is 2. The van der Waals surface area contributed by atoms with Crippen LogP contribution in [0, 0.1) is 41.4 Å². The molecule has 6 rings (SSSR count). The van der Waals surface area contributed by atoms with Gasteiger partial charge in [-0.15, -0.1) is 0 Å². The number of anilines is 2. The fourth-order valence-corrected chi connectivity index (χ4v) is 13.7. The Bertz CT molecular complexity index is 3530. The van der Waals surface area contributed by atoms with Gasteiger partial charge in [-0.1, -0.05) is 160 Å². The minimum atomic E-state index is -1.08. The van der Waals surface area contributed by atoms with Crippen molar-refractivity contribution in [2.24, 2.45) is 35.3 Å². The summed E-state index contributed by atoms with van der Waals surface area (Å²) in [4.78, 5) is 131. The molecule has 2 heterocycles. The predicted octanol–water partition coefficient (Wildman–Crippen LogP) is 8.57. The number of primary amides is 1. The molecule has 24 heteroatoms. The molecule has 0 bridgehead atoms. The lowest BCUT2D eigenvalue weighted by atomic mass is 9.89. The van der Waals surface area contributed by atoms with E-state index in [1.807, 2.05) is 82.3 Å². The first-order valence-electron chi connectivity index (χ1n) is 36.4. The van der Waals surface area contributed by atoms with E-state index < -0.39 is 114 Å². The number of likely N-dealkylation sites (tertiary alicyclic amines) is 1. The molecule has 103 heavy (non-hydrogen) atoms. The zero-order valence-corrected chi connectivity index (χ0v) is 62.8. The molecular weight excluding hydrogens is 1310 g/mol. The van der Waals surface area contributed by atoms with Gasteiger partial charge >= 0.3 is 12.1 Å². The van der Waals surface area contributed by atoms with Gasteiger partial charge in [-0.3, -0.25) is 38.5 Å². The van der Waals surface area contributed by atoms with Gasteiger partial charge < -0.3 is 71.7 Å². The van der Waals surface area contributed by atoms with E-state index in [1.54, 1.807) is 94.8 Å². The maximum Gasteiger partial charge on any atom is 0.410 e. The molecule has 1 saturated heterocycles. The second kappa shape index (κ2) is 40.7. The fraction of sp³-hybridized carbons (Fsp3) is 0.557. The summed E-state index contributed by atoms with van der Waals surface area (Å²) >= 11 is 0. The highest BCUT2D eigenvalue weighted by atomic mass is 16.6. The summed E-state index contributed by atoms with van der Waals surface area (Å²) in [5.41, 5.74) is 11.1. The molecule has 4 aromatic rings. The largest absolute Gasteiger partial charge is 0.445 e. The first kappa shape index (κ1) is 82.9. The monoisotopic (exact) mass is 1420 g/mol. The highest BCUT2D eigenvalue weighted by molar-refractivity contribution is 5.98. The van der Waals surface area contributed by atoms with E-state index in [1.165, 1.54) is 26.2 Å². The number of methoxy groups -OCH3 is 2. The summed E-state index contributed by atoms with van der Waals surface area (Å²) < 4.78 is 17.8. The topological polar surface area (TPSA) is 313 Å². The second-order valence-corrected chi connectivity index (χ2v) is 28.5. The van der Waals surface area contributed by atoms with Gasteiger partial charge in [-0.05, 0) is 116 Å². The molecule has 562 valence electrons. The molecule has 10 amide bonds. The van der Waals surface area contributed by atoms with E-state index in [0.717, 1.165) is 41.8 Å². The van der Waals surface area contributed by atoms with E-state index in [0.29, 0.717) is 55.6 Å². The van der Waals surface area contributed by atoms with E-state index in [2.05, 4.69) is 60.8 Å². The Hall–Kier alpha value is -9.05. The van der Waals surface area contributed by atoms with Gasteiger partial charge in [0.25, 0.3) is 0 Å². The maximum atomic E-state index is 14.9. The Kier molecular flexibility index (Phi) is 32.8. The third-order valence-corrected chi connectivity index (χ3v) is 19.8. The van der Waals surface area contributed by atoms with Gasteiger partial charge in [-0.25, -0.2) is 9.59 Å². The van der Waals surface area contributed by atoms with Gasteiger partial charge in [0.1, 0.15) is 30.8 Å². The van der Waals surface area contributed by atoms with E-state index >= 15 is 0 Å². The van der Waals surface area contributed by atoms with Crippen molar-refractivity contribution in [3.05, 3.63) is 131 Å². The minimum Gasteiger partial charge on any atom is -0.445 e. The van der Waals surface area contributed by atoms with Crippen LogP contribution in [0.1, 0.15) is 167 Å². The van der Waals surface area contributed by atoms with Crippen LogP contribution in [0.15, 0.2) is 103 Å². The van der Waals surface area contributed by atoms with Crippen LogP contribution in [0.4, 0.5) is 21.0 Å². The van der Waals surface area contributed by atoms with E-state index in [-0.39, 0.29) is 68.4 Å². The van der Waals surface area contributed by atoms with Gasteiger partial charge in [0, 0.05) is 77.7 Å². The van der Waals surface area contributed by atoms with Gasteiger partial charge in [-0.2, -0.15) is 0 Å². The zero-order chi connectivity index (χ0) is 75.6. The maximum absolute atomic E-state index is 14.9. The van der Waals surface area contributed by atoms with Crippen molar-refractivity contribution in [1.29, 1.82) is 0 Å². The van der Waals surface area contributed by atoms with E-state index in [9.17, 15) is 48.3 Å². The van der Waals surface area contributed by atoms with E-state index in [4.69, 9.17) is 19.9 Å². The smallest absolute Gasteiger partial charge is 0.410 e. The van der Waals surface area contributed by atoms with Crippen molar-refractivity contribution >= 4 is 64.8 Å². The first-order chi connectivity index (χ1) is 49.1. The first-order valence-corrected chi connectivity index (χ1v) is 36.4. The summed E-state index contributed by atoms with van der Waals surface area (Å²) in [6.07, 6.45) is 1.43. The number of nitrogens with one attached hydrogen (secondary N) is 6. The molecule has 4 aromatic carbocycles. The number of hydrogen-bond donors (Lipinski definition) is 8. The van der Waals surface area contributed by atoms with Crippen LogP contribution in [0.25, 0.3) is 0 Å². The SMILES string of the molecule is CC[C@H](C)[C@@H]([C@@H](CC(=O)N1CCC[C@H]1[C@H](OC)[C@@H](C)C(=O)N[C@H](C)[C@@H](O)c1ccccc1)OC)N(C)C(=O)[C@@H](NC(=O)C(C(C)C)N(C)C(=O)OCc1ccc(NC(=O)[C@H](CCCNC(N)=O)NC(=O)[C@@H](NC(=O)CCCCCN2Cc3ccccc3C#Cc3ccccc32)C(C)C)cc1)C(C)C. The number of nitrogens with two attached hydrogens (primary N) is 1. The zero-order valence-electron chi connectivity index (χ0n) is 62.8. The Morgan fingerprint density at radius 3 is 1.97 bits per heavy atom. The normalized spacial score (nSPS) is 16.5. The number of carbonyl (C=O) groups is 9. The summed E-state index contributed by atoms with van der Waals surface area (Å²) in [5, 5.41) is 28.0. The lowest BCUT2D eigenvalue weighted by Crippen LogP contribution is -2.60. The number of urea groups is 1. The number of aliphatic hydroxyl groups excluding tert-OH is 1. The van der Waals surface area contributed by atoms with Crippen LogP contribution in [0.5, 0.6) is 0 Å². The molecule has 0 aromatic heterocycles. The third-order valence-electron chi connectivity index (χ3n) is 19.8. The van der Waals surface area contributed by atoms with Crippen molar-refractivity contribution in [2.75, 3.05) is 58.2 Å². The predicted molar refractivity (Wildman–Crippen MR) is 397 cm³/mol. The van der Waals surface area contributed by atoms with Gasteiger partial charge in [0.15, 0.2) is 0 Å². The number of amides is 10. The van der Waals surface area contributed by atoms with Crippen LogP contribution in [0.3, 0.4) is 0 Å². The molecule has 0 aliphatic carbocycles. The average Bonchev–Trinajstić information content (AvgIpc) is 1.80. The standard InChI is InChI=1S/C79H113N11O13/c1-15-52(8)70(64(101-13)46-66(92)90-45-27-35-63(90)72(102-14)53(9)73(94)82-54(10)71(93)58-30-18-16-19-31-58)87(11)77(98)68(50(4)5)86-76(97)69(51(6)7)88(12)79(100)103-48-55-37-41-60(42-38-55)83-74(95)61(33-26-43-81-78(80)99)84-75(96)67(49(2)3)85-65(91)36-20-17-25-44-89-47-59-32-22-21-28-56(59)39-40-57-29-23-24-34-62(57)89/h16,18-19,21-24,28-32,34,37-38,41-42,49-54,61,63-64,67-72,93H,15,17,20,25-27,33,35-36,43-48H2,1-14H3,(H,82,94)(H,83,95)(H,84,96)(H,85,91)(H,86,97)(H3,80,81,99)/t52-,53+,54+,61-,63-,64+,67-,68-,69?,70-,71+,72+/m0/s1. The summed E-state index contributed by atoms with van der Waals surface area (Å²) in [6.45, 7) is 20.1. The molecule has 12 atom stereocenters. The van der Waals surface area contributed by atoms with Crippen molar-refractivity contribution in [3.63, 3.8) is 0 Å². The van der Waals surface area contributed by atoms with Crippen LogP contribution in [-0.4, -0.2) is 176 Å². The number of carbonyl (C=O) groups excluding carboxylic acids is 9. The minimum absolute atomic E-state index is 0.0867. The number of unbranched alkanes of at least 4 members (excludes halogenated alkanes) is 2. The average molecular weight is 1420 g/mol. The lowest BCUT2D eigenvalue weighted by molar-refractivity contribution is -0.148. The molecule has 2 aliphatic rings. The molecule has 24 nitrogen and oxygen atoms in total. The molecule has 0 spiro atoms. The summed E-state index contributed by atoms with van der Waals surface area (Å²) in [7, 11) is 6.12. The van der Waals surface area contributed by atoms with Crippen molar-refractivity contribution in [1.82, 2.24) is 41.3 Å². The molecule has 1 fully saturated rings. The number of likely N-dealkylation sites (N-methyl/N-ethyl adjacent to an activating group) is 2. The molecule has 2 aliphatic heterocycles. The van der Waals surface area contributed by atoms with Crippen LogP contribution >= 0.6 is 0 Å². The number of nitrogens with zero attached hydrogens (tertiary/aromatic N) is 4. The molecule has 1 unspecified atom stereocenters. The Labute approximate surface area is 609 Å². The van der Waals surface area contributed by atoms with Gasteiger partial charge in [0.05, 0.1) is 54.5 Å². The summed E-state index contributed by atoms with van der Waals surface area (Å²) in [6, 6.07) is 25.3. The molecular formula is C79H113N11O13. The third kappa shape index (κ3) is 23.7. The highest BCUT2D eigenvalue weighted by Gasteiger charge is 2.44. The fourth-order valence-electron chi connectivity index (χ4n) is 13.7. The quantitative estimate of drug-likeness (QED) is 0.0154. The molecule has 9 N–H and O–H groups in total. The second-order valence-electron chi connectivity index (χ2n) is 28.5. The highest BCUT2D eigenvalue weighted by Crippen LogP contribution is 2.32. The number of aliphatic hydroxyl groups is 1. The number of para-hydroxylation sites is 1. The van der Waals surface area contributed by atoms with Crippen molar-refractivity contribution in [2.45, 2.75) is 207 Å². The number of rotatable bonds is 38. The molecule has 0 saturated carbocycles. The number of hydrogen-bond acceptors (Lipinski definition) is 14. The van der Waals surface area contributed by atoms with Crippen LogP contribution < -0.4 is 42.5 Å². The Morgan fingerprint density at radius 2 is 1.33 bits per heavy atom. The van der Waals surface area contributed by atoms with Crippen molar-refractivity contribution < 1.29 is 62.5 Å². The number of ether oxygens (including phenoxy) is 3. The van der Waals surface area contributed by atoms with Crippen molar-refractivity contribution in [3.8, 4) is 11.8 Å². The lowest BCUT2D eigenvalue weighted by Gasteiger charge is -2.41. The van der Waals surface area contributed by atoms with Gasteiger partial charge in [0.2, 0.25) is 41.4 Å². The summed E-state index contributed by atoms with van der Waals surface area (Å²) in [5.74, 6) is 1.67. The molecule has 0 radical (unpaired) electrons.